The number of hydrogen-bond donors (Lipinski definition) is 1. The van der Waals surface area contributed by atoms with Gasteiger partial charge in [0.15, 0.2) is 6.61 Å². The van der Waals surface area contributed by atoms with Gasteiger partial charge in [-0.3, -0.25) is 0 Å². The molecule has 0 saturated carbocycles. The molecule has 0 spiro atoms. The predicted octanol–water partition coefficient (Wildman–Crippen LogP) is 2.80. The summed E-state index contributed by atoms with van der Waals surface area (Å²) in [5, 5.41) is 19.3. The van der Waals surface area contributed by atoms with Crippen LogP contribution in [0, 0.1) is 18.3 Å². The SMILES string of the molecule is Cc1c(O)ccc2c(COC(=O)COc3ccccc3C#N)cc(=O)oc12. The van der Waals surface area contributed by atoms with Crippen molar-refractivity contribution in [1.29, 1.82) is 5.26 Å². The van der Waals surface area contributed by atoms with E-state index in [0.29, 0.717) is 22.1 Å². The van der Waals surface area contributed by atoms with Crippen LogP contribution >= 0.6 is 0 Å². The molecule has 0 atom stereocenters. The van der Waals surface area contributed by atoms with Gasteiger partial charge in [0.05, 0.1) is 5.56 Å². The number of nitrogens with zero attached hydrogens (tertiary/aromatic N) is 1. The average molecular weight is 365 g/mol. The highest BCUT2D eigenvalue weighted by molar-refractivity contribution is 5.85. The third-order valence-electron chi connectivity index (χ3n) is 3.96. The first-order valence-electron chi connectivity index (χ1n) is 8.02. The van der Waals surface area contributed by atoms with Crippen LogP contribution in [0.25, 0.3) is 11.0 Å². The van der Waals surface area contributed by atoms with Crippen molar-refractivity contribution in [2.45, 2.75) is 13.5 Å². The molecule has 1 aromatic heterocycles. The predicted molar refractivity (Wildman–Crippen MR) is 95.3 cm³/mol. The maximum Gasteiger partial charge on any atom is 0.344 e. The van der Waals surface area contributed by atoms with Gasteiger partial charge in [0.2, 0.25) is 0 Å². The van der Waals surface area contributed by atoms with Crippen molar-refractivity contribution in [3.8, 4) is 17.6 Å². The van der Waals surface area contributed by atoms with Crippen LogP contribution in [0.2, 0.25) is 0 Å². The second-order valence-electron chi connectivity index (χ2n) is 5.73. The van der Waals surface area contributed by atoms with Crippen molar-refractivity contribution in [2.75, 3.05) is 6.61 Å². The van der Waals surface area contributed by atoms with Gasteiger partial charge in [-0.15, -0.1) is 0 Å². The molecule has 0 aliphatic rings. The van der Waals surface area contributed by atoms with Gasteiger partial charge in [0, 0.05) is 22.6 Å². The molecule has 0 radical (unpaired) electrons. The lowest BCUT2D eigenvalue weighted by Gasteiger charge is -2.10. The van der Waals surface area contributed by atoms with E-state index in [1.165, 1.54) is 12.1 Å². The molecule has 0 amide bonds. The monoisotopic (exact) mass is 365 g/mol. The second-order valence-corrected chi connectivity index (χ2v) is 5.73. The van der Waals surface area contributed by atoms with E-state index in [4.69, 9.17) is 19.2 Å². The van der Waals surface area contributed by atoms with E-state index < -0.39 is 11.6 Å². The Balaban J connectivity index is 1.72. The van der Waals surface area contributed by atoms with Gasteiger partial charge in [-0.25, -0.2) is 9.59 Å². The number of ether oxygens (including phenoxy) is 2. The van der Waals surface area contributed by atoms with Crippen LogP contribution in [-0.4, -0.2) is 17.7 Å². The lowest BCUT2D eigenvalue weighted by Crippen LogP contribution is -2.16. The van der Waals surface area contributed by atoms with Gasteiger partial charge in [0.1, 0.15) is 29.8 Å². The number of esters is 1. The molecule has 7 heteroatoms. The summed E-state index contributed by atoms with van der Waals surface area (Å²) >= 11 is 0. The maximum atomic E-state index is 12.0. The minimum absolute atomic E-state index is 0.00403. The number of nitriles is 1. The normalized spacial score (nSPS) is 10.4. The number of aromatic hydroxyl groups is 1. The zero-order valence-electron chi connectivity index (χ0n) is 14.4. The lowest BCUT2D eigenvalue weighted by molar-refractivity contribution is -0.147. The van der Waals surface area contributed by atoms with Gasteiger partial charge >= 0.3 is 11.6 Å². The first kappa shape index (κ1) is 18.0. The molecule has 1 heterocycles. The third kappa shape index (κ3) is 3.90. The maximum absolute atomic E-state index is 12.0. The standard InChI is InChI=1S/C20H15NO6/c1-12-16(22)7-6-15-14(8-18(23)27-20(12)15)10-26-19(24)11-25-17-5-3-2-4-13(17)9-21/h2-8,22H,10-11H2,1H3. The van der Waals surface area contributed by atoms with Gasteiger partial charge in [-0.2, -0.15) is 5.26 Å². The fourth-order valence-corrected chi connectivity index (χ4v) is 2.56. The molecule has 0 fully saturated rings. The van der Waals surface area contributed by atoms with Crippen molar-refractivity contribution in [1.82, 2.24) is 0 Å². The van der Waals surface area contributed by atoms with Gasteiger partial charge in [-0.05, 0) is 31.2 Å². The molecule has 0 aliphatic heterocycles. The Labute approximate surface area is 154 Å². The summed E-state index contributed by atoms with van der Waals surface area (Å²) in [6, 6.07) is 12.8. The van der Waals surface area contributed by atoms with E-state index in [9.17, 15) is 14.7 Å². The van der Waals surface area contributed by atoms with Gasteiger partial charge in [0.25, 0.3) is 0 Å². The number of aryl methyl sites for hydroxylation is 1. The van der Waals surface area contributed by atoms with Crippen LogP contribution in [0.15, 0.2) is 51.7 Å². The Morgan fingerprint density at radius 3 is 2.81 bits per heavy atom. The number of carbonyl (C=O) groups is 1. The van der Waals surface area contributed by atoms with Crippen LogP contribution in [0.4, 0.5) is 0 Å². The van der Waals surface area contributed by atoms with Gasteiger partial charge in [-0.1, -0.05) is 12.1 Å². The Kier molecular flexibility index (Phi) is 5.08. The molecule has 3 aromatic rings. The number of hydrogen-bond acceptors (Lipinski definition) is 7. The summed E-state index contributed by atoms with van der Waals surface area (Å²) in [4.78, 5) is 23.7. The zero-order valence-corrected chi connectivity index (χ0v) is 14.4. The van der Waals surface area contributed by atoms with Crippen LogP contribution in [0.3, 0.4) is 0 Å². The molecule has 0 saturated heterocycles. The van der Waals surface area contributed by atoms with Gasteiger partial charge < -0.3 is 19.0 Å². The molecule has 2 aromatic carbocycles. The largest absolute Gasteiger partial charge is 0.508 e. The van der Waals surface area contributed by atoms with Crippen molar-refractivity contribution in [3.63, 3.8) is 0 Å². The van der Waals surface area contributed by atoms with E-state index in [2.05, 4.69) is 0 Å². The summed E-state index contributed by atoms with van der Waals surface area (Å²) in [5.74, 6) is -0.363. The molecule has 0 unspecified atom stereocenters. The second kappa shape index (κ2) is 7.62. The highest BCUT2D eigenvalue weighted by atomic mass is 16.6. The average Bonchev–Trinajstić information content (AvgIpc) is 2.67. The first-order chi connectivity index (χ1) is 13.0. The number of fused-ring (bicyclic) bond motifs is 1. The summed E-state index contributed by atoms with van der Waals surface area (Å²) in [5.41, 5.74) is 0.825. The van der Waals surface area contributed by atoms with Crippen LogP contribution in [-0.2, 0) is 16.1 Å². The first-order valence-corrected chi connectivity index (χ1v) is 8.02. The Morgan fingerprint density at radius 1 is 1.26 bits per heavy atom. The molecular weight excluding hydrogens is 350 g/mol. The Bertz CT molecular complexity index is 1110. The fourth-order valence-electron chi connectivity index (χ4n) is 2.56. The van der Waals surface area contributed by atoms with Crippen LogP contribution in [0.1, 0.15) is 16.7 Å². The van der Waals surface area contributed by atoms with E-state index in [-0.39, 0.29) is 30.3 Å². The smallest absolute Gasteiger partial charge is 0.344 e. The van der Waals surface area contributed by atoms with E-state index >= 15 is 0 Å². The third-order valence-corrected chi connectivity index (χ3v) is 3.96. The summed E-state index contributed by atoms with van der Waals surface area (Å²) in [6.07, 6.45) is 0. The van der Waals surface area contributed by atoms with Crippen molar-refractivity contribution in [3.05, 3.63) is 69.6 Å². The quantitative estimate of drug-likeness (QED) is 0.547. The summed E-state index contributed by atoms with van der Waals surface area (Å²) in [6.45, 7) is 1.09. The molecule has 1 N–H and O–H groups in total. The molecule has 136 valence electrons. The number of phenols is 1. The number of benzene rings is 2. The Morgan fingerprint density at radius 2 is 2.04 bits per heavy atom. The van der Waals surface area contributed by atoms with E-state index in [0.717, 1.165) is 0 Å². The van der Waals surface area contributed by atoms with E-state index in [1.807, 2.05) is 6.07 Å². The molecule has 7 nitrogen and oxygen atoms in total. The molecule has 3 rings (SSSR count). The highest BCUT2D eigenvalue weighted by Gasteiger charge is 2.13. The zero-order chi connectivity index (χ0) is 19.4. The summed E-state index contributed by atoms with van der Waals surface area (Å²) in [7, 11) is 0. The Hall–Kier alpha value is -3.79. The molecule has 0 aliphatic carbocycles. The molecule has 27 heavy (non-hydrogen) atoms. The number of carbonyl (C=O) groups excluding carboxylic acids is 1. The van der Waals surface area contributed by atoms with Crippen LogP contribution < -0.4 is 10.4 Å². The highest BCUT2D eigenvalue weighted by Crippen LogP contribution is 2.27. The lowest BCUT2D eigenvalue weighted by atomic mass is 10.1. The van der Waals surface area contributed by atoms with Crippen LogP contribution in [0.5, 0.6) is 11.5 Å². The number of rotatable bonds is 5. The number of para-hydroxylation sites is 1. The topological polar surface area (TPSA) is 110 Å². The van der Waals surface area contributed by atoms with Crippen molar-refractivity contribution >= 4 is 16.9 Å². The molecular formula is C20H15NO6. The molecule has 0 bridgehead atoms. The fraction of sp³-hybridized carbons (Fsp3) is 0.150. The minimum Gasteiger partial charge on any atom is -0.508 e. The van der Waals surface area contributed by atoms with Crippen molar-refractivity contribution < 1.29 is 23.8 Å². The number of phenolic OH excluding ortho intramolecular Hbond substituents is 1. The summed E-state index contributed by atoms with van der Waals surface area (Å²) < 4.78 is 15.6. The van der Waals surface area contributed by atoms with Crippen molar-refractivity contribution in [2.24, 2.45) is 0 Å². The minimum atomic E-state index is -0.653. The van der Waals surface area contributed by atoms with E-state index in [1.54, 1.807) is 37.3 Å².